The van der Waals surface area contributed by atoms with E-state index in [0.29, 0.717) is 87.4 Å². The van der Waals surface area contributed by atoms with Crippen molar-refractivity contribution in [2.75, 3.05) is 103 Å². The number of allylic oxidation sites excluding steroid dienone is 2. The number of carbonyl (C=O) groups is 3. The number of piperidine rings is 2. The predicted molar refractivity (Wildman–Crippen MR) is 452 cm³/mol. The standard InChI is InChI=1S/C27H40N8OS.C26H37N7O2S.C23H30N8OS.9H2/c1-7-25(36)30-19-8-10-21(11-9-19)37-26-32-23(31-22(29)16-18(2)28)17-24(33-26)35-14-12-20(13-15-35)34(6)27(3,4)5;1-6-24(34)29-19-7-9-20(10-8-19)36-25-31-22(30-21(28)15-17(2)27)16-23(32-25)33-13-11-18(12-14-33)26(3,4)35-5;1-5-22(32)24-16-6-8-18(9-7-16)33-23-26-19(25-20-12-15(2)28-29-20)13-21(27-23)31-11-10-17(14-31)30(3)4;;;;;;;;;/h8-11,16-17,20H,7,12-15,28H2,1-6H3,(H,30,36)(H2,29,31,32,33);7-10,15-16,18H,6,11-14,27H2,1-5H3,(H,29,34)(H2,28,30,31,32);6-9,12-13,17H,5,10-11,14H2,1-4H3,(H,24,32)(H2,25,26,27,28,29);9*1H/t;;17-;;;;;;;;;/m..0........./s1. The lowest BCUT2D eigenvalue weighted by molar-refractivity contribution is -0.116. The number of benzene rings is 3. The van der Waals surface area contributed by atoms with Crippen molar-refractivity contribution in [3.05, 3.63) is 126 Å². The molecule has 4 aromatic heterocycles. The number of rotatable bonds is 25. The number of aromatic nitrogens is 8. The molecular formula is C76H125N23O4S3. The number of aromatic amines is 1. The van der Waals surface area contributed by atoms with E-state index in [2.05, 4.69) is 132 Å². The molecule has 106 heavy (non-hydrogen) atoms. The van der Waals surface area contributed by atoms with Crippen molar-refractivity contribution in [2.45, 2.75) is 181 Å². The molecule has 7 aromatic rings. The number of nitrogens with two attached hydrogens (primary N) is 4. The Labute approximate surface area is 650 Å². The fourth-order valence-corrected chi connectivity index (χ4v) is 14.0. The molecule has 0 aliphatic carbocycles. The molecule has 7 heterocycles. The highest BCUT2D eigenvalue weighted by Gasteiger charge is 2.34. The van der Waals surface area contributed by atoms with Gasteiger partial charge in [-0.3, -0.25) is 24.4 Å². The van der Waals surface area contributed by atoms with Crippen LogP contribution in [0.3, 0.4) is 0 Å². The average Bonchev–Trinajstić information content (AvgIpc) is 1.59. The van der Waals surface area contributed by atoms with Gasteiger partial charge >= 0.3 is 0 Å². The molecule has 0 saturated carbocycles. The molecule has 30 heteroatoms. The SMILES string of the molecule is CCC(=O)Nc1ccc(Sc2nc(N=C(N)C=C(C)N)cc(N3CCC(C(C)(C)OC)CC3)n2)cc1.CCC(=O)Nc1ccc(Sc2nc(N=C(N)C=C(C)N)cc(N3CCC(N(C)C(C)(C)C)CC3)n2)cc1.CCC(=O)Nc1ccc(Sc2nc(Nc3cc(C)[nH]n3)cc(N3CC[C@H](N(C)C)C3)n2)cc1.[HH].[HH].[HH].[HH].[HH].[HH].[HH].[HH].[HH]. The normalized spacial score (nSPS) is 15.8. The number of anilines is 8. The maximum absolute atomic E-state index is 11.7. The Kier molecular flexibility index (Phi) is 30.1. The smallest absolute Gasteiger partial charge is 0.224 e. The maximum atomic E-state index is 11.7. The van der Waals surface area contributed by atoms with E-state index in [1.807, 2.05) is 125 Å². The van der Waals surface area contributed by atoms with Crippen LogP contribution >= 0.6 is 35.3 Å². The molecule has 3 saturated heterocycles. The number of H-pyrrole nitrogens is 1. The molecule has 586 valence electrons. The summed E-state index contributed by atoms with van der Waals surface area (Å²) in [6.45, 7) is 27.4. The third kappa shape index (κ3) is 25.7. The summed E-state index contributed by atoms with van der Waals surface area (Å²) in [5.41, 5.74) is 28.0. The van der Waals surface area contributed by atoms with E-state index in [1.165, 1.54) is 35.3 Å². The lowest BCUT2D eigenvalue weighted by Gasteiger charge is -2.43. The number of nitrogens with zero attached hydrogens (tertiary/aromatic N) is 14. The molecular weight excluding hydrogens is 1400 g/mol. The molecule has 3 fully saturated rings. The van der Waals surface area contributed by atoms with E-state index in [-0.39, 0.29) is 47.5 Å². The highest BCUT2D eigenvalue weighted by molar-refractivity contribution is 7.99. The second kappa shape index (κ2) is 38.8. The molecule has 0 spiro atoms. The second-order valence-electron chi connectivity index (χ2n) is 28.0. The molecule has 0 unspecified atom stereocenters. The Morgan fingerprint density at radius 3 is 1.31 bits per heavy atom. The van der Waals surface area contributed by atoms with E-state index < -0.39 is 0 Å². The first-order chi connectivity index (χ1) is 50.4. The van der Waals surface area contributed by atoms with Crippen molar-refractivity contribution in [3.63, 3.8) is 0 Å². The van der Waals surface area contributed by atoms with Gasteiger partial charge in [0.05, 0.1) is 5.60 Å². The van der Waals surface area contributed by atoms with Crippen LogP contribution in [0.15, 0.2) is 161 Å². The first-order valence-electron chi connectivity index (χ1n) is 35.9. The van der Waals surface area contributed by atoms with Crippen molar-refractivity contribution in [1.29, 1.82) is 0 Å². The molecule has 3 amide bonds. The van der Waals surface area contributed by atoms with Crippen molar-refractivity contribution < 1.29 is 32.0 Å². The van der Waals surface area contributed by atoms with Crippen LogP contribution in [0.4, 0.5) is 57.8 Å². The number of likely N-dealkylation sites (N-methyl/N-ethyl adjacent to an activating group) is 1. The third-order valence-corrected chi connectivity index (χ3v) is 20.8. The van der Waals surface area contributed by atoms with Crippen LogP contribution in [-0.2, 0) is 19.1 Å². The quantitative estimate of drug-likeness (QED) is 0.0146. The van der Waals surface area contributed by atoms with E-state index in [0.717, 1.165) is 132 Å². The molecule has 3 aromatic carbocycles. The average molecular weight is 1520 g/mol. The summed E-state index contributed by atoms with van der Waals surface area (Å²) in [4.78, 5) is 86.9. The summed E-state index contributed by atoms with van der Waals surface area (Å²) >= 11 is 4.36. The number of hydrogen-bond donors (Lipinski definition) is 9. The van der Waals surface area contributed by atoms with Crippen LogP contribution in [0.2, 0.25) is 0 Å². The molecule has 1 atom stereocenters. The Morgan fingerprint density at radius 2 is 0.953 bits per heavy atom. The van der Waals surface area contributed by atoms with E-state index in [9.17, 15) is 14.4 Å². The van der Waals surface area contributed by atoms with Crippen LogP contribution in [0.5, 0.6) is 0 Å². The topological polar surface area (TPSA) is 360 Å². The number of aliphatic imine (C=N–C) groups is 2. The number of nitrogens with one attached hydrogen (secondary N) is 5. The first kappa shape index (κ1) is 82.3. The lowest BCUT2D eigenvalue weighted by atomic mass is 9.83. The molecule has 13 N–H and O–H groups in total. The summed E-state index contributed by atoms with van der Waals surface area (Å²) in [7, 11) is 8.22. The summed E-state index contributed by atoms with van der Waals surface area (Å²) in [6, 6.07) is 31.7. The zero-order chi connectivity index (χ0) is 76.8. The summed E-state index contributed by atoms with van der Waals surface area (Å²) in [5.74, 6) is 5.95. The third-order valence-electron chi connectivity index (χ3n) is 18.2. The summed E-state index contributed by atoms with van der Waals surface area (Å²) < 4.78 is 5.72. The van der Waals surface area contributed by atoms with Gasteiger partial charge in [0.25, 0.3) is 0 Å². The minimum atomic E-state index is -0.155. The van der Waals surface area contributed by atoms with Gasteiger partial charge in [0.1, 0.15) is 34.9 Å². The van der Waals surface area contributed by atoms with Crippen molar-refractivity contribution >= 4 is 122 Å². The van der Waals surface area contributed by atoms with Crippen LogP contribution in [0.1, 0.15) is 139 Å². The first-order valence-corrected chi connectivity index (χ1v) is 38.3. The highest BCUT2D eigenvalue weighted by atomic mass is 32.2. The fourth-order valence-electron chi connectivity index (χ4n) is 11.7. The lowest BCUT2D eigenvalue weighted by Crippen LogP contribution is -2.50. The number of aryl methyl sites for hydroxylation is 1. The van der Waals surface area contributed by atoms with E-state index >= 15 is 0 Å². The molecule has 3 aliphatic heterocycles. The van der Waals surface area contributed by atoms with E-state index in [1.54, 1.807) is 33.1 Å². The van der Waals surface area contributed by atoms with Gasteiger partial charge in [0.2, 0.25) is 17.7 Å². The number of carbonyl (C=O) groups excluding carboxylic acids is 3. The molecule has 3 aliphatic rings. The Morgan fingerprint density at radius 1 is 0.566 bits per heavy atom. The largest absolute Gasteiger partial charge is 0.402 e. The zero-order valence-corrected chi connectivity index (χ0v) is 66.4. The van der Waals surface area contributed by atoms with Gasteiger partial charge in [0, 0.05) is 169 Å². The van der Waals surface area contributed by atoms with Crippen LogP contribution in [0.25, 0.3) is 0 Å². The number of amidine groups is 2. The van der Waals surface area contributed by atoms with Gasteiger partial charge in [-0.25, -0.2) is 39.9 Å². The zero-order valence-electron chi connectivity index (χ0n) is 64.0. The maximum Gasteiger partial charge on any atom is 0.224 e. The highest BCUT2D eigenvalue weighted by Crippen LogP contribution is 2.37. The van der Waals surface area contributed by atoms with Crippen LogP contribution in [-0.4, -0.2) is 170 Å². The van der Waals surface area contributed by atoms with Crippen molar-refractivity contribution in [2.24, 2.45) is 38.8 Å². The van der Waals surface area contributed by atoms with E-state index in [4.69, 9.17) is 47.6 Å². The van der Waals surface area contributed by atoms with Gasteiger partial charge in [-0.1, -0.05) is 20.8 Å². The molecule has 0 bridgehead atoms. The van der Waals surface area contributed by atoms with Crippen LogP contribution in [0, 0.1) is 12.8 Å². The second-order valence-corrected chi connectivity index (χ2v) is 31.2. The fraction of sp³-hybridized carbons (Fsp3) is 0.447. The van der Waals surface area contributed by atoms with Gasteiger partial charge in [-0.15, -0.1) is 0 Å². The Bertz CT molecular complexity index is 4220. The van der Waals surface area contributed by atoms with Crippen LogP contribution < -0.4 is 58.9 Å². The molecule has 0 radical (unpaired) electrons. The van der Waals surface area contributed by atoms with Gasteiger partial charge in [-0.05, 0) is 235 Å². The summed E-state index contributed by atoms with van der Waals surface area (Å²) in [5, 5.41) is 20.9. The number of ether oxygens (including phenoxy) is 1. The van der Waals surface area contributed by atoms with Crippen molar-refractivity contribution in [3.8, 4) is 0 Å². The minimum absolute atomic E-state index is 0. The van der Waals surface area contributed by atoms with Crippen molar-refractivity contribution in [1.82, 2.24) is 49.9 Å². The number of amides is 3. The predicted octanol–water partition coefficient (Wildman–Crippen LogP) is 15.1. The Hall–Kier alpha value is -9.33. The molecule has 27 nitrogen and oxygen atoms in total. The number of hydrogen-bond acceptors (Lipinski definition) is 24. The van der Waals surface area contributed by atoms with Gasteiger partial charge < -0.3 is 68.5 Å². The number of methoxy groups -OCH3 is 1. The van der Waals surface area contributed by atoms with Gasteiger partial charge in [0.15, 0.2) is 32.9 Å². The Balaban J connectivity index is 0. The monoisotopic (exact) mass is 1520 g/mol. The summed E-state index contributed by atoms with van der Waals surface area (Å²) in [6.07, 6.45) is 9.78. The minimum Gasteiger partial charge on any atom is -0.402 e. The molecule has 10 rings (SSSR count). The van der Waals surface area contributed by atoms with Gasteiger partial charge in [-0.2, -0.15) is 5.10 Å².